The van der Waals surface area contributed by atoms with Gasteiger partial charge in [-0.15, -0.1) is 0 Å². The molecule has 1 unspecified atom stereocenters. The second kappa shape index (κ2) is 7.16. The summed E-state index contributed by atoms with van der Waals surface area (Å²) in [5, 5.41) is 0. The Morgan fingerprint density at radius 2 is 1.87 bits per heavy atom. The Bertz CT molecular complexity index is 647. The van der Waals surface area contributed by atoms with E-state index in [4.69, 9.17) is 0 Å². The van der Waals surface area contributed by atoms with Gasteiger partial charge in [-0.25, -0.2) is 8.42 Å². The molecule has 4 nitrogen and oxygen atoms in total. The molecule has 3 rings (SSSR count). The molecule has 1 aromatic carbocycles. The number of hydrogen-bond donors (Lipinski definition) is 0. The van der Waals surface area contributed by atoms with Gasteiger partial charge in [-0.3, -0.25) is 9.80 Å². The predicted octanol–water partition coefficient (Wildman–Crippen LogP) is 1.89. The SMILES string of the molecule is C/C(=C/c1ccccc1)CN1CCN(C2CCS(=O)(=O)C2)CC1. The lowest BCUT2D eigenvalue weighted by Gasteiger charge is -2.37. The molecule has 5 heteroatoms. The average molecular weight is 334 g/mol. The summed E-state index contributed by atoms with van der Waals surface area (Å²) in [7, 11) is -2.78. The summed E-state index contributed by atoms with van der Waals surface area (Å²) in [4.78, 5) is 4.84. The monoisotopic (exact) mass is 334 g/mol. The fourth-order valence-corrected chi connectivity index (χ4v) is 5.34. The van der Waals surface area contributed by atoms with E-state index in [0.717, 1.165) is 39.1 Å². The van der Waals surface area contributed by atoms with Crippen LogP contribution in [-0.4, -0.2) is 68.5 Å². The Morgan fingerprint density at radius 1 is 1.17 bits per heavy atom. The summed E-state index contributed by atoms with van der Waals surface area (Å²) in [5.41, 5.74) is 2.62. The minimum Gasteiger partial charge on any atom is -0.297 e. The van der Waals surface area contributed by atoms with Crippen LogP contribution < -0.4 is 0 Å². The third kappa shape index (κ3) is 4.66. The molecule has 0 spiro atoms. The summed E-state index contributed by atoms with van der Waals surface area (Å²) >= 11 is 0. The number of sulfone groups is 1. The summed E-state index contributed by atoms with van der Waals surface area (Å²) in [6.45, 7) is 7.19. The summed E-state index contributed by atoms with van der Waals surface area (Å²) in [6.07, 6.45) is 3.06. The van der Waals surface area contributed by atoms with Gasteiger partial charge in [-0.1, -0.05) is 42.0 Å². The molecule has 0 N–H and O–H groups in total. The smallest absolute Gasteiger partial charge is 0.151 e. The normalized spacial score (nSPS) is 26.5. The summed E-state index contributed by atoms with van der Waals surface area (Å²) in [6, 6.07) is 10.7. The highest BCUT2D eigenvalue weighted by molar-refractivity contribution is 7.91. The summed E-state index contributed by atoms with van der Waals surface area (Å²) < 4.78 is 23.2. The van der Waals surface area contributed by atoms with E-state index in [2.05, 4.69) is 47.1 Å². The summed E-state index contributed by atoms with van der Waals surface area (Å²) in [5.74, 6) is 0.733. The van der Waals surface area contributed by atoms with Crippen LogP contribution in [0.1, 0.15) is 18.9 Å². The van der Waals surface area contributed by atoms with Gasteiger partial charge < -0.3 is 0 Å². The third-order valence-electron chi connectivity index (χ3n) is 4.82. The van der Waals surface area contributed by atoms with Crippen molar-refractivity contribution in [2.45, 2.75) is 19.4 Å². The molecule has 1 aromatic rings. The molecule has 1 atom stereocenters. The van der Waals surface area contributed by atoms with Crippen molar-refractivity contribution in [1.29, 1.82) is 0 Å². The molecule has 126 valence electrons. The van der Waals surface area contributed by atoms with Crippen molar-refractivity contribution < 1.29 is 8.42 Å². The second-order valence-electron chi connectivity index (χ2n) is 6.77. The zero-order valence-corrected chi connectivity index (χ0v) is 14.6. The van der Waals surface area contributed by atoms with Crippen molar-refractivity contribution in [1.82, 2.24) is 9.80 Å². The Hall–Kier alpha value is -1.17. The largest absolute Gasteiger partial charge is 0.297 e. The average Bonchev–Trinajstić information content (AvgIpc) is 2.89. The lowest BCUT2D eigenvalue weighted by Crippen LogP contribution is -2.50. The van der Waals surface area contributed by atoms with E-state index in [-0.39, 0.29) is 6.04 Å². The van der Waals surface area contributed by atoms with Gasteiger partial charge in [0.2, 0.25) is 0 Å². The standard InChI is InChI=1S/C18H26N2O2S/c1-16(13-17-5-3-2-4-6-17)14-19-8-10-20(11-9-19)18-7-12-23(21,22)15-18/h2-6,13,18H,7-12,14-15H2,1H3/b16-13-. The first-order valence-electron chi connectivity index (χ1n) is 8.41. The van der Waals surface area contributed by atoms with E-state index in [9.17, 15) is 8.42 Å². The molecule has 0 aliphatic carbocycles. The number of hydrogen-bond acceptors (Lipinski definition) is 4. The van der Waals surface area contributed by atoms with Gasteiger partial charge >= 0.3 is 0 Å². The zero-order valence-electron chi connectivity index (χ0n) is 13.8. The number of nitrogens with zero attached hydrogens (tertiary/aromatic N) is 2. The molecule has 0 radical (unpaired) electrons. The van der Waals surface area contributed by atoms with Crippen LogP contribution in [0.15, 0.2) is 35.9 Å². The van der Waals surface area contributed by atoms with Crippen molar-refractivity contribution >= 4 is 15.9 Å². The first-order chi connectivity index (χ1) is 11.0. The van der Waals surface area contributed by atoms with Crippen LogP contribution in [0.3, 0.4) is 0 Å². The Kier molecular flexibility index (Phi) is 5.19. The molecule has 0 bridgehead atoms. The van der Waals surface area contributed by atoms with E-state index >= 15 is 0 Å². The van der Waals surface area contributed by atoms with Crippen molar-refractivity contribution in [2.75, 3.05) is 44.2 Å². The van der Waals surface area contributed by atoms with Crippen LogP contribution in [0.2, 0.25) is 0 Å². The van der Waals surface area contributed by atoms with Gasteiger partial charge in [0.25, 0.3) is 0 Å². The Labute approximate surface area is 139 Å². The van der Waals surface area contributed by atoms with Crippen LogP contribution >= 0.6 is 0 Å². The van der Waals surface area contributed by atoms with E-state index in [1.165, 1.54) is 11.1 Å². The van der Waals surface area contributed by atoms with Crippen LogP contribution in [0.5, 0.6) is 0 Å². The highest BCUT2D eigenvalue weighted by Gasteiger charge is 2.33. The Balaban J connectivity index is 1.49. The van der Waals surface area contributed by atoms with Gasteiger partial charge in [-0.05, 0) is 18.9 Å². The van der Waals surface area contributed by atoms with Crippen molar-refractivity contribution in [2.24, 2.45) is 0 Å². The molecule has 2 saturated heterocycles. The van der Waals surface area contributed by atoms with E-state index < -0.39 is 9.84 Å². The van der Waals surface area contributed by atoms with Gasteiger partial charge in [-0.2, -0.15) is 0 Å². The van der Waals surface area contributed by atoms with Crippen molar-refractivity contribution in [3.8, 4) is 0 Å². The first-order valence-corrected chi connectivity index (χ1v) is 10.2. The molecule has 2 aliphatic rings. The Morgan fingerprint density at radius 3 is 2.48 bits per heavy atom. The van der Waals surface area contributed by atoms with Crippen molar-refractivity contribution in [3.05, 3.63) is 41.5 Å². The molecular weight excluding hydrogens is 308 g/mol. The molecule has 0 amide bonds. The van der Waals surface area contributed by atoms with Gasteiger partial charge in [0, 0.05) is 38.8 Å². The molecule has 2 aliphatic heterocycles. The fourth-order valence-electron chi connectivity index (χ4n) is 3.58. The molecule has 2 fully saturated rings. The minimum absolute atomic E-state index is 0.253. The van der Waals surface area contributed by atoms with E-state index in [0.29, 0.717) is 11.5 Å². The van der Waals surface area contributed by atoms with Gasteiger partial charge in [0.15, 0.2) is 9.84 Å². The minimum atomic E-state index is -2.78. The molecule has 23 heavy (non-hydrogen) atoms. The first kappa shape index (κ1) is 16.7. The number of piperazine rings is 1. The van der Waals surface area contributed by atoms with Gasteiger partial charge in [0.1, 0.15) is 0 Å². The lowest BCUT2D eigenvalue weighted by atomic mass is 10.1. The number of benzene rings is 1. The molecule has 0 aromatic heterocycles. The zero-order chi connectivity index (χ0) is 16.3. The fraction of sp³-hybridized carbons (Fsp3) is 0.556. The van der Waals surface area contributed by atoms with Crippen LogP contribution in [0.4, 0.5) is 0 Å². The number of rotatable bonds is 4. The van der Waals surface area contributed by atoms with Crippen LogP contribution in [0, 0.1) is 0 Å². The third-order valence-corrected chi connectivity index (χ3v) is 6.57. The maximum absolute atomic E-state index is 11.6. The second-order valence-corrected chi connectivity index (χ2v) is 9.00. The van der Waals surface area contributed by atoms with E-state index in [1.807, 2.05) is 6.07 Å². The maximum Gasteiger partial charge on any atom is 0.151 e. The molecule has 0 saturated carbocycles. The highest BCUT2D eigenvalue weighted by Crippen LogP contribution is 2.19. The van der Waals surface area contributed by atoms with Gasteiger partial charge in [0.05, 0.1) is 11.5 Å². The topological polar surface area (TPSA) is 40.6 Å². The maximum atomic E-state index is 11.6. The molecule has 2 heterocycles. The van der Waals surface area contributed by atoms with Crippen LogP contribution in [0.25, 0.3) is 6.08 Å². The predicted molar refractivity (Wildman–Crippen MR) is 95.2 cm³/mol. The van der Waals surface area contributed by atoms with Crippen LogP contribution in [-0.2, 0) is 9.84 Å². The quantitative estimate of drug-likeness (QED) is 0.843. The van der Waals surface area contributed by atoms with E-state index in [1.54, 1.807) is 0 Å². The van der Waals surface area contributed by atoms with Crippen molar-refractivity contribution in [3.63, 3.8) is 0 Å². The highest BCUT2D eigenvalue weighted by atomic mass is 32.2. The lowest BCUT2D eigenvalue weighted by molar-refractivity contribution is 0.111. The molecular formula is C18H26N2O2S.